The van der Waals surface area contributed by atoms with Crippen LogP contribution in [0.1, 0.15) is 12.5 Å². The third kappa shape index (κ3) is 2.94. The van der Waals surface area contributed by atoms with Crippen molar-refractivity contribution in [3.63, 3.8) is 0 Å². The van der Waals surface area contributed by atoms with Gasteiger partial charge < -0.3 is 9.84 Å². The van der Waals surface area contributed by atoms with Crippen LogP contribution < -0.4 is 4.74 Å². The summed E-state index contributed by atoms with van der Waals surface area (Å²) in [7, 11) is 0. The molecule has 6 nitrogen and oxygen atoms in total. The SMILES string of the molecule is CCOc1ccc([N+](=O)[O-])c(CC(=O)O)c1. The molecule has 1 aromatic rings. The Balaban J connectivity index is 3.10. The molecule has 0 aliphatic heterocycles. The highest BCUT2D eigenvalue weighted by Crippen LogP contribution is 2.24. The lowest BCUT2D eigenvalue weighted by Gasteiger charge is -2.05. The van der Waals surface area contributed by atoms with Crippen molar-refractivity contribution >= 4 is 11.7 Å². The summed E-state index contributed by atoms with van der Waals surface area (Å²) in [6.45, 7) is 2.20. The molecule has 1 N–H and O–H groups in total. The molecule has 0 bridgehead atoms. The fourth-order valence-corrected chi connectivity index (χ4v) is 1.30. The van der Waals surface area contributed by atoms with Crippen molar-refractivity contribution in [3.05, 3.63) is 33.9 Å². The van der Waals surface area contributed by atoms with Crippen LogP contribution in [-0.4, -0.2) is 22.6 Å². The molecule has 0 spiro atoms. The Morgan fingerprint density at radius 2 is 2.25 bits per heavy atom. The van der Waals surface area contributed by atoms with Crippen molar-refractivity contribution < 1.29 is 19.6 Å². The lowest BCUT2D eigenvalue weighted by atomic mass is 10.1. The van der Waals surface area contributed by atoms with E-state index in [1.54, 1.807) is 6.92 Å². The molecular weight excluding hydrogens is 214 g/mol. The number of nitro benzene ring substituents is 1. The summed E-state index contributed by atoms with van der Waals surface area (Å²) in [4.78, 5) is 20.6. The molecular formula is C10H11NO5. The molecule has 0 saturated heterocycles. The highest BCUT2D eigenvalue weighted by molar-refractivity contribution is 5.72. The zero-order valence-corrected chi connectivity index (χ0v) is 8.67. The minimum Gasteiger partial charge on any atom is -0.494 e. The molecule has 0 amide bonds. The fourth-order valence-electron chi connectivity index (χ4n) is 1.30. The van der Waals surface area contributed by atoms with Crippen LogP contribution in [0.25, 0.3) is 0 Å². The third-order valence-electron chi connectivity index (χ3n) is 1.90. The van der Waals surface area contributed by atoms with Gasteiger partial charge in [-0.3, -0.25) is 14.9 Å². The van der Waals surface area contributed by atoms with Crippen LogP contribution in [0.5, 0.6) is 5.75 Å². The normalized spacial score (nSPS) is 9.81. The van der Waals surface area contributed by atoms with Gasteiger partial charge in [0.1, 0.15) is 5.75 Å². The number of benzene rings is 1. The molecule has 0 aromatic heterocycles. The quantitative estimate of drug-likeness (QED) is 0.607. The highest BCUT2D eigenvalue weighted by Gasteiger charge is 2.16. The van der Waals surface area contributed by atoms with E-state index in [2.05, 4.69) is 0 Å². The van der Waals surface area contributed by atoms with Crippen molar-refractivity contribution in [1.29, 1.82) is 0 Å². The Bertz CT molecular complexity index is 416. The Hall–Kier alpha value is -2.11. The number of hydrogen-bond acceptors (Lipinski definition) is 4. The number of nitro groups is 1. The van der Waals surface area contributed by atoms with Gasteiger partial charge in [-0.15, -0.1) is 0 Å². The molecule has 0 saturated carbocycles. The lowest BCUT2D eigenvalue weighted by molar-refractivity contribution is -0.385. The van der Waals surface area contributed by atoms with Gasteiger partial charge in [-0.2, -0.15) is 0 Å². The van der Waals surface area contributed by atoms with E-state index in [9.17, 15) is 14.9 Å². The first kappa shape index (κ1) is 12.0. The zero-order chi connectivity index (χ0) is 12.1. The second-order valence-electron chi connectivity index (χ2n) is 3.05. The van der Waals surface area contributed by atoms with Crippen molar-refractivity contribution in [1.82, 2.24) is 0 Å². The van der Waals surface area contributed by atoms with E-state index < -0.39 is 17.3 Å². The molecule has 0 heterocycles. The summed E-state index contributed by atoms with van der Waals surface area (Å²) >= 11 is 0. The summed E-state index contributed by atoms with van der Waals surface area (Å²) in [6.07, 6.45) is -0.392. The van der Waals surface area contributed by atoms with E-state index in [-0.39, 0.29) is 11.3 Å². The average Bonchev–Trinajstić information content (AvgIpc) is 2.16. The predicted octanol–water partition coefficient (Wildman–Crippen LogP) is 1.62. The molecule has 0 aliphatic rings. The minimum absolute atomic E-state index is 0.142. The van der Waals surface area contributed by atoms with E-state index in [0.29, 0.717) is 12.4 Å². The van der Waals surface area contributed by atoms with Gasteiger partial charge in [-0.25, -0.2) is 0 Å². The summed E-state index contributed by atoms with van der Waals surface area (Å²) in [5, 5.41) is 19.3. The smallest absolute Gasteiger partial charge is 0.308 e. The van der Waals surface area contributed by atoms with E-state index >= 15 is 0 Å². The first-order chi connectivity index (χ1) is 7.54. The van der Waals surface area contributed by atoms with Crippen LogP contribution in [0.3, 0.4) is 0 Å². The number of carboxylic acid groups (broad SMARTS) is 1. The van der Waals surface area contributed by atoms with Crippen molar-refractivity contribution in [2.24, 2.45) is 0 Å². The van der Waals surface area contributed by atoms with E-state index in [1.165, 1.54) is 18.2 Å². The van der Waals surface area contributed by atoms with Crippen LogP contribution in [0.2, 0.25) is 0 Å². The highest BCUT2D eigenvalue weighted by atomic mass is 16.6. The number of ether oxygens (including phenoxy) is 1. The van der Waals surface area contributed by atoms with Gasteiger partial charge in [0.15, 0.2) is 0 Å². The molecule has 0 fully saturated rings. The maximum absolute atomic E-state index is 10.6. The monoisotopic (exact) mass is 225 g/mol. The number of rotatable bonds is 5. The molecule has 0 atom stereocenters. The Morgan fingerprint density at radius 3 is 2.75 bits per heavy atom. The third-order valence-corrected chi connectivity index (χ3v) is 1.90. The standard InChI is InChI=1S/C10H11NO5/c1-2-16-8-3-4-9(11(14)15)7(5-8)6-10(12)13/h3-5H,2,6H2,1H3,(H,12,13). The average molecular weight is 225 g/mol. The van der Waals surface area contributed by atoms with E-state index in [4.69, 9.17) is 9.84 Å². The maximum Gasteiger partial charge on any atom is 0.308 e. The van der Waals surface area contributed by atoms with Gasteiger partial charge >= 0.3 is 5.97 Å². The Kier molecular flexibility index (Phi) is 3.82. The Morgan fingerprint density at radius 1 is 1.56 bits per heavy atom. The number of carbonyl (C=O) groups is 1. The fraction of sp³-hybridized carbons (Fsp3) is 0.300. The molecule has 86 valence electrons. The van der Waals surface area contributed by atoms with Crippen molar-refractivity contribution in [3.8, 4) is 5.75 Å². The van der Waals surface area contributed by atoms with Gasteiger partial charge in [-0.1, -0.05) is 0 Å². The summed E-state index contributed by atoms with van der Waals surface area (Å²) in [5.41, 5.74) is -0.0608. The summed E-state index contributed by atoms with van der Waals surface area (Å²) in [5.74, 6) is -0.680. The first-order valence-corrected chi connectivity index (χ1v) is 4.66. The second-order valence-corrected chi connectivity index (χ2v) is 3.05. The first-order valence-electron chi connectivity index (χ1n) is 4.66. The van der Waals surface area contributed by atoms with Crippen LogP contribution in [0, 0.1) is 10.1 Å². The summed E-state index contributed by atoms with van der Waals surface area (Å²) in [6, 6.07) is 4.09. The van der Waals surface area contributed by atoms with Crippen LogP contribution in [0.15, 0.2) is 18.2 Å². The maximum atomic E-state index is 10.6. The molecule has 6 heteroatoms. The van der Waals surface area contributed by atoms with Gasteiger partial charge in [0, 0.05) is 11.6 Å². The van der Waals surface area contributed by atoms with Gasteiger partial charge in [-0.05, 0) is 19.1 Å². The molecule has 0 radical (unpaired) electrons. The lowest BCUT2D eigenvalue weighted by Crippen LogP contribution is -2.04. The molecule has 1 rings (SSSR count). The van der Waals surface area contributed by atoms with E-state index in [1.807, 2.05) is 0 Å². The Labute approximate surface area is 91.6 Å². The zero-order valence-electron chi connectivity index (χ0n) is 8.67. The number of hydrogen-bond donors (Lipinski definition) is 1. The summed E-state index contributed by atoms with van der Waals surface area (Å²) < 4.78 is 5.15. The number of aliphatic carboxylic acids is 1. The van der Waals surface area contributed by atoms with Crippen LogP contribution in [-0.2, 0) is 11.2 Å². The molecule has 0 unspecified atom stereocenters. The largest absolute Gasteiger partial charge is 0.494 e. The van der Waals surface area contributed by atoms with Crippen LogP contribution in [0.4, 0.5) is 5.69 Å². The van der Waals surface area contributed by atoms with Gasteiger partial charge in [0.2, 0.25) is 0 Å². The molecule has 16 heavy (non-hydrogen) atoms. The van der Waals surface area contributed by atoms with Crippen LogP contribution >= 0.6 is 0 Å². The van der Waals surface area contributed by atoms with E-state index in [0.717, 1.165) is 0 Å². The number of carboxylic acids is 1. The van der Waals surface area contributed by atoms with Gasteiger partial charge in [0.25, 0.3) is 5.69 Å². The van der Waals surface area contributed by atoms with Gasteiger partial charge in [0.05, 0.1) is 18.0 Å². The number of nitrogens with zero attached hydrogens (tertiary/aromatic N) is 1. The topological polar surface area (TPSA) is 89.7 Å². The van der Waals surface area contributed by atoms with Crippen molar-refractivity contribution in [2.75, 3.05) is 6.61 Å². The minimum atomic E-state index is -1.11. The van der Waals surface area contributed by atoms with Crippen molar-refractivity contribution in [2.45, 2.75) is 13.3 Å². The molecule has 1 aromatic carbocycles. The molecule has 0 aliphatic carbocycles. The second kappa shape index (κ2) is 5.11. The predicted molar refractivity (Wildman–Crippen MR) is 55.6 cm³/mol.